The number of ether oxygens (including phenoxy) is 1. The average molecular weight is 163 g/mol. The van der Waals surface area contributed by atoms with Gasteiger partial charge in [-0.05, 0) is 24.3 Å². The van der Waals surface area contributed by atoms with Crippen molar-refractivity contribution >= 4 is 12.6 Å². The predicted molar refractivity (Wildman–Crippen MR) is 40.2 cm³/mol. The number of rotatable bonds is 1. The minimum absolute atomic E-state index is 0. The molecule has 0 heterocycles. The maximum Gasteiger partial charge on any atom is 1.00 e. The molecule has 3 heteroatoms. The fraction of sp³-hybridized carbons (Fsp3) is 0.143. The minimum Gasteiger partial charge on any atom is -0.497 e. The van der Waals surface area contributed by atoms with E-state index in [1.165, 1.54) is 0 Å². The Kier molecular flexibility index (Phi) is 5.27. The summed E-state index contributed by atoms with van der Waals surface area (Å²) in [5.41, 5.74) is 0. The summed E-state index contributed by atoms with van der Waals surface area (Å²) in [6.45, 7) is 0. The van der Waals surface area contributed by atoms with Gasteiger partial charge in [-0.25, -0.2) is 0 Å². The van der Waals surface area contributed by atoms with E-state index in [1.807, 2.05) is 24.3 Å². The molecular weight excluding hydrogens is 155 g/mol. The first-order valence-electron chi connectivity index (χ1n) is 2.66. The van der Waals surface area contributed by atoms with E-state index in [1.54, 1.807) is 7.11 Å². The zero-order valence-electron chi connectivity index (χ0n) is 6.16. The molecule has 0 fully saturated rings. The Bertz CT molecular complexity index is 185. The summed E-state index contributed by atoms with van der Waals surface area (Å²) in [6, 6.07) is 7.54. The number of methoxy groups -OCH3 is 1. The SMILES string of the molecule is COc1ccc(S)cc1.[Na+]. The summed E-state index contributed by atoms with van der Waals surface area (Å²) in [7, 11) is 1.65. The van der Waals surface area contributed by atoms with Gasteiger partial charge in [0, 0.05) is 4.90 Å². The van der Waals surface area contributed by atoms with Gasteiger partial charge in [0.25, 0.3) is 0 Å². The van der Waals surface area contributed by atoms with Crippen molar-refractivity contribution < 1.29 is 34.3 Å². The third kappa shape index (κ3) is 2.97. The second kappa shape index (κ2) is 5.08. The zero-order chi connectivity index (χ0) is 6.69. The smallest absolute Gasteiger partial charge is 0.497 e. The Balaban J connectivity index is 0.000000810. The van der Waals surface area contributed by atoms with Crippen molar-refractivity contribution in [1.82, 2.24) is 0 Å². The summed E-state index contributed by atoms with van der Waals surface area (Å²) in [5.74, 6) is 0.868. The van der Waals surface area contributed by atoms with Crippen LogP contribution in [0.5, 0.6) is 5.75 Å². The summed E-state index contributed by atoms with van der Waals surface area (Å²) < 4.78 is 4.94. The normalized spacial score (nSPS) is 8.20. The molecule has 1 aromatic rings. The molecule has 0 N–H and O–H groups in total. The van der Waals surface area contributed by atoms with Gasteiger partial charge in [-0.1, -0.05) is 0 Å². The van der Waals surface area contributed by atoms with Crippen LogP contribution < -0.4 is 34.3 Å². The van der Waals surface area contributed by atoms with Gasteiger partial charge in [0.15, 0.2) is 0 Å². The monoisotopic (exact) mass is 163 g/mol. The van der Waals surface area contributed by atoms with Gasteiger partial charge in [-0.2, -0.15) is 0 Å². The molecule has 0 aliphatic heterocycles. The van der Waals surface area contributed by atoms with E-state index in [0.717, 1.165) is 10.6 Å². The first-order valence-corrected chi connectivity index (χ1v) is 3.10. The second-order valence-corrected chi connectivity index (χ2v) is 2.21. The Morgan fingerprint density at radius 3 is 2.10 bits per heavy atom. The molecule has 10 heavy (non-hydrogen) atoms. The predicted octanol–water partition coefficient (Wildman–Crippen LogP) is -1.01. The van der Waals surface area contributed by atoms with E-state index >= 15 is 0 Å². The van der Waals surface area contributed by atoms with E-state index in [2.05, 4.69) is 12.6 Å². The maximum atomic E-state index is 4.94. The second-order valence-electron chi connectivity index (χ2n) is 1.70. The Labute approximate surface area is 88.5 Å². The molecule has 1 aromatic carbocycles. The quantitative estimate of drug-likeness (QED) is 0.412. The number of benzene rings is 1. The molecule has 0 saturated carbocycles. The Hall–Kier alpha value is 0.370. The average Bonchev–Trinajstić information content (AvgIpc) is 1.90. The molecule has 0 atom stereocenters. The molecule has 48 valence electrons. The van der Waals surface area contributed by atoms with E-state index in [9.17, 15) is 0 Å². The first-order chi connectivity index (χ1) is 4.33. The molecule has 1 nitrogen and oxygen atoms in total. The van der Waals surface area contributed by atoms with Crippen molar-refractivity contribution in [1.29, 1.82) is 0 Å². The van der Waals surface area contributed by atoms with Gasteiger partial charge in [0.05, 0.1) is 7.11 Å². The van der Waals surface area contributed by atoms with Crippen LogP contribution >= 0.6 is 12.6 Å². The van der Waals surface area contributed by atoms with Gasteiger partial charge in [0.1, 0.15) is 5.75 Å². The van der Waals surface area contributed by atoms with Gasteiger partial charge in [-0.15, -0.1) is 12.6 Å². The van der Waals surface area contributed by atoms with E-state index in [0.29, 0.717) is 0 Å². The molecule has 0 unspecified atom stereocenters. The van der Waals surface area contributed by atoms with Crippen molar-refractivity contribution in [3.05, 3.63) is 24.3 Å². The van der Waals surface area contributed by atoms with Crippen LogP contribution in [0.25, 0.3) is 0 Å². The van der Waals surface area contributed by atoms with Crippen LogP contribution in [-0.2, 0) is 0 Å². The number of hydrogen-bond donors (Lipinski definition) is 1. The summed E-state index contributed by atoms with van der Waals surface area (Å²) in [6.07, 6.45) is 0. The van der Waals surface area contributed by atoms with Crippen LogP contribution in [0, 0.1) is 0 Å². The van der Waals surface area contributed by atoms with E-state index in [4.69, 9.17) is 4.74 Å². The van der Waals surface area contributed by atoms with Crippen LogP contribution in [0.3, 0.4) is 0 Å². The summed E-state index contributed by atoms with van der Waals surface area (Å²) in [5, 5.41) is 0. The summed E-state index contributed by atoms with van der Waals surface area (Å²) in [4.78, 5) is 0.954. The third-order valence-corrected chi connectivity index (χ3v) is 1.37. The summed E-state index contributed by atoms with van der Waals surface area (Å²) >= 11 is 4.11. The van der Waals surface area contributed by atoms with Crippen molar-refractivity contribution in [2.24, 2.45) is 0 Å². The van der Waals surface area contributed by atoms with Crippen LogP contribution in [0.2, 0.25) is 0 Å². The Morgan fingerprint density at radius 1 is 1.20 bits per heavy atom. The van der Waals surface area contributed by atoms with Crippen LogP contribution in [0.15, 0.2) is 29.2 Å². The Morgan fingerprint density at radius 2 is 1.70 bits per heavy atom. The van der Waals surface area contributed by atoms with Crippen molar-refractivity contribution in [2.45, 2.75) is 4.90 Å². The van der Waals surface area contributed by atoms with Gasteiger partial charge in [0.2, 0.25) is 0 Å². The molecule has 0 aliphatic carbocycles. The molecule has 0 bridgehead atoms. The molecule has 0 radical (unpaired) electrons. The number of hydrogen-bond acceptors (Lipinski definition) is 2. The van der Waals surface area contributed by atoms with Crippen LogP contribution in [0.4, 0.5) is 0 Å². The fourth-order valence-electron chi connectivity index (χ4n) is 0.582. The van der Waals surface area contributed by atoms with E-state index in [-0.39, 0.29) is 29.6 Å². The van der Waals surface area contributed by atoms with Crippen molar-refractivity contribution in [2.75, 3.05) is 7.11 Å². The molecule has 0 spiro atoms. The molecule has 0 aromatic heterocycles. The van der Waals surface area contributed by atoms with Gasteiger partial charge < -0.3 is 4.74 Å². The maximum absolute atomic E-state index is 4.94. The van der Waals surface area contributed by atoms with Gasteiger partial charge in [-0.3, -0.25) is 0 Å². The van der Waals surface area contributed by atoms with E-state index < -0.39 is 0 Å². The minimum atomic E-state index is 0. The largest absolute Gasteiger partial charge is 1.00 e. The van der Waals surface area contributed by atoms with Crippen molar-refractivity contribution in [3.63, 3.8) is 0 Å². The van der Waals surface area contributed by atoms with Crippen molar-refractivity contribution in [3.8, 4) is 5.75 Å². The van der Waals surface area contributed by atoms with Crippen LogP contribution in [-0.4, -0.2) is 7.11 Å². The fourth-order valence-corrected chi connectivity index (χ4v) is 0.731. The zero-order valence-corrected chi connectivity index (χ0v) is 9.06. The third-order valence-electron chi connectivity index (χ3n) is 1.07. The molecule has 0 amide bonds. The topological polar surface area (TPSA) is 9.23 Å². The standard InChI is InChI=1S/C7H8OS.Na/c1-8-6-2-4-7(9)5-3-6;/h2-5,9H,1H3;/q;+1. The number of thiol groups is 1. The first kappa shape index (κ1) is 10.4. The molecular formula is C7H8NaOS+. The molecule has 0 aliphatic rings. The van der Waals surface area contributed by atoms with Gasteiger partial charge >= 0.3 is 29.6 Å². The van der Waals surface area contributed by atoms with Crippen LogP contribution in [0.1, 0.15) is 0 Å². The molecule has 1 rings (SSSR count). The molecule has 0 saturated heterocycles.